The Bertz CT molecular complexity index is 83.7. The fourth-order valence-electron chi connectivity index (χ4n) is 0.181. The minimum atomic E-state index is 0.823. The summed E-state index contributed by atoms with van der Waals surface area (Å²) in [6, 6.07) is 0. The third-order valence-electron chi connectivity index (χ3n) is 0.580. The van der Waals surface area contributed by atoms with Crippen molar-refractivity contribution in [1.82, 2.24) is 5.32 Å². The van der Waals surface area contributed by atoms with Crippen LogP contribution < -0.4 is 5.32 Å². The molecule has 0 aromatic heterocycles. The van der Waals surface area contributed by atoms with Gasteiger partial charge in [-0.3, -0.25) is 0 Å². The highest BCUT2D eigenvalue weighted by atomic mass is 32.1. The predicted octanol–water partition coefficient (Wildman–Crippen LogP) is 1.25. The zero-order chi connectivity index (χ0) is 5.86. The molecule has 0 rings (SSSR count). The molecule has 0 heterocycles. The summed E-state index contributed by atoms with van der Waals surface area (Å²) in [5, 5.41) is 3.65. The Labute approximate surface area is 55.0 Å². The van der Waals surface area contributed by atoms with E-state index in [9.17, 15) is 0 Å². The van der Waals surface area contributed by atoms with Crippen LogP contribution in [-0.4, -0.2) is 7.05 Å². The number of hydrogen-bond donors (Lipinski definition) is 3. The maximum absolute atomic E-state index is 4.02. The summed E-state index contributed by atoms with van der Waals surface area (Å²) in [5.41, 5.74) is 0. The summed E-state index contributed by atoms with van der Waals surface area (Å²) in [6.45, 7) is 1.88. The van der Waals surface area contributed by atoms with Gasteiger partial charge >= 0.3 is 0 Å². The van der Waals surface area contributed by atoms with E-state index in [1.165, 1.54) is 0 Å². The summed E-state index contributed by atoms with van der Waals surface area (Å²) in [6.07, 6.45) is 0. The third-order valence-corrected chi connectivity index (χ3v) is 1.54. The molecule has 1 N–H and O–H groups in total. The molecule has 0 atom stereocenters. The van der Waals surface area contributed by atoms with Crippen LogP contribution >= 0.6 is 25.3 Å². The molecule has 0 aliphatic carbocycles. The van der Waals surface area contributed by atoms with Gasteiger partial charge in [-0.25, -0.2) is 0 Å². The summed E-state index contributed by atoms with van der Waals surface area (Å²) in [7, 11) is 1.81. The van der Waals surface area contributed by atoms with Crippen LogP contribution in [0.5, 0.6) is 0 Å². The van der Waals surface area contributed by atoms with Crippen molar-refractivity contribution in [3.8, 4) is 0 Å². The van der Waals surface area contributed by atoms with Crippen molar-refractivity contribution in [2.75, 3.05) is 7.05 Å². The van der Waals surface area contributed by atoms with Gasteiger partial charge in [0, 0.05) is 12.0 Å². The molecule has 0 saturated heterocycles. The highest BCUT2D eigenvalue weighted by molar-refractivity contribution is 7.88. The fraction of sp³-hybridized carbons (Fsp3) is 0.500. The zero-order valence-corrected chi connectivity index (χ0v) is 6.18. The monoisotopic (exact) mass is 135 g/mol. The molecule has 0 spiro atoms. The Balaban J connectivity index is 3.72. The van der Waals surface area contributed by atoms with Gasteiger partial charge in [-0.15, -0.1) is 25.3 Å². The number of hydrogen-bond acceptors (Lipinski definition) is 3. The average molecular weight is 135 g/mol. The van der Waals surface area contributed by atoms with E-state index in [1.54, 1.807) is 0 Å². The minimum Gasteiger partial charge on any atom is -0.383 e. The van der Waals surface area contributed by atoms with Crippen molar-refractivity contribution in [1.29, 1.82) is 0 Å². The van der Waals surface area contributed by atoms with E-state index in [2.05, 4.69) is 30.6 Å². The van der Waals surface area contributed by atoms with Crippen LogP contribution in [0.1, 0.15) is 6.92 Å². The SMILES string of the molecule is CN/C(S)=C(\C)S. The van der Waals surface area contributed by atoms with Crippen LogP contribution in [0.25, 0.3) is 0 Å². The lowest BCUT2D eigenvalue weighted by Gasteiger charge is -1.96. The molecule has 0 amide bonds. The largest absolute Gasteiger partial charge is 0.383 e. The number of rotatable bonds is 1. The van der Waals surface area contributed by atoms with Crippen molar-refractivity contribution in [2.24, 2.45) is 0 Å². The molecule has 0 bridgehead atoms. The van der Waals surface area contributed by atoms with E-state index >= 15 is 0 Å². The molecule has 0 aliphatic rings. The van der Waals surface area contributed by atoms with E-state index in [0.29, 0.717) is 0 Å². The lowest BCUT2D eigenvalue weighted by molar-refractivity contribution is 1.07. The topological polar surface area (TPSA) is 12.0 Å². The van der Waals surface area contributed by atoms with Gasteiger partial charge in [0.15, 0.2) is 0 Å². The standard InChI is InChI=1S/C4H9NS2/c1-3(6)4(7)5-2/h5-7H,1-2H3/b4-3-. The van der Waals surface area contributed by atoms with Crippen molar-refractivity contribution < 1.29 is 0 Å². The lowest BCUT2D eigenvalue weighted by atomic mass is 10.7. The molecular weight excluding hydrogens is 126 g/mol. The van der Waals surface area contributed by atoms with Crippen LogP contribution in [0.4, 0.5) is 0 Å². The summed E-state index contributed by atoms with van der Waals surface area (Å²) in [4.78, 5) is 0.908. The van der Waals surface area contributed by atoms with Crippen molar-refractivity contribution in [3.05, 3.63) is 9.93 Å². The molecule has 0 radical (unpaired) electrons. The van der Waals surface area contributed by atoms with E-state index in [-0.39, 0.29) is 0 Å². The number of thiol groups is 2. The molecule has 0 saturated carbocycles. The van der Waals surface area contributed by atoms with Crippen LogP contribution in [0.15, 0.2) is 9.93 Å². The lowest BCUT2D eigenvalue weighted by Crippen LogP contribution is -1.99. The van der Waals surface area contributed by atoms with Gasteiger partial charge in [0.1, 0.15) is 0 Å². The molecule has 7 heavy (non-hydrogen) atoms. The highest BCUT2D eigenvalue weighted by Crippen LogP contribution is 2.06. The summed E-state index contributed by atoms with van der Waals surface area (Å²) >= 11 is 8.03. The van der Waals surface area contributed by atoms with Crippen LogP contribution in [0, 0.1) is 0 Å². The second kappa shape index (κ2) is 3.27. The van der Waals surface area contributed by atoms with Gasteiger partial charge in [0.2, 0.25) is 0 Å². The molecule has 3 heteroatoms. The molecule has 42 valence electrons. The minimum absolute atomic E-state index is 0.823. The molecule has 1 nitrogen and oxygen atoms in total. The van der Waals surface area contributed by atoms with Crippen LogP contribution in [-0.2, 0) is 0 Å². The fourth-order valence-corrected chi connectivity index (χ4v) is 0.293. The Morgan fingerprint density at radius 2 is 1.86 bits per heavy atom. The normalized spacial score (nSPS) is 13.1. The quantitative estimate of drug-likeness (QED) is 0.460. The first kappa shape index (κ1) is 7.24. The zero-order valence-electron chi connectivity index (χ0n) is 4.39. The first-order chi connectivity index (χ1) is 3.18. The van der Waals surface area contributed by atoms with Crippen LogP contribution in [0.3, 0.4) is 0 Å². The van der Waals surface area contributed by atoms with Crippen molar-refractivity contribution >= 4 is 25.3 Å². The third kappa shape index (κ3) is 2.88. The molecular formula is C4H9NS2. The molecule has 0 unspecified atom stereocenters. The van der Waals surface area contributed by atoms with Crippen molar-refractivity contribution in [3.63, 3.8) is 0 Å². The first-order valence-corrected chi connectivity index (χ1v) is 2.84. The highest BCUT2D eigenvalue weighted by Gasteiger charge is 1.83. The molecule has 0 fully saturated rings. The van der Waals surface area contributed by atoms with Crippen molar-refractivity contribution in [2.45, 2.75) is 6.92 Å². The molecule has 0 aromatic carbocycles. The van der Waals surface area contributed by atoms with Gasteiger partial charge in [0.25, 0.3) is 0 Å². The van der Waals surface area contributed by atoms with Gasteiger partial charge in [0.05, 0.1) is 5.03 Å². The maximum atomic E-state index is 4.02. The Kier molecular flexibility index (Phi) is 3.38. The Hall–Kier alpha value is 0.240. The summed E-state index contributed by atoms with van der Waals surface area (Å²) in [5.74, 6) is 0. The second-order valence-corrected chi connectivity index (χ2v) is 2.30. The Morgan fingerprint density at radius 3 is 1.86 bits per heavy atom. The van der Waals surface area contributed by atoms with Gasteiger partial charge in [-0.1, -0.05) is 0 Å². The molecule has 0 aliphatic heterocycles. The van der Waals surface area contributed by atoms with E-state index in [0.717, 1.165) is 9.93 Å². The predicted molar refractivity (Wildman–Crippen MR) is 39.7 cm³/mol. The Morgan fingerprint density at radius 1 is 1.43 bits per heavy atom. The van der Waals surface area contributed by atoms with E-state index in [4.69, 9.17) is 0 Å². The van der Waals surface area contributed by atoms with E-state index < -0.39 is 0 Å². The van der Waals surface area contributed by atoms with Gasteiger partial charge < -0.3 is 5.32 Å². The average Bonchev–Trinajstić information content (AvgIpc) is 1.65. The van der Waals surface area contributed by atoms with Crippen LogP contribution in [0.2, 0.25) is 0 Å². The van der Waals surface area contributed by atoms with Gasteiger partial charge in [-0.05, 0) is 6.92 Å². The maximum Gasteiger partial charge on any atom is 0.0739 e. The summed E-state index contributed by atoms with van der Waals surface area (Å²) < 4.78 is 0. The smallest absolute Gasteiger partial charge is 0.0739 e. The second-order valence-electron chi connectivity index (χ2n) is 1.18. The number of nitrogens with one attached hydrogen (secondary N) is 1. The number of allylic oxidation sites excluding steroid dienone is 1. The van der Waals surface area contributed by atoms with E-state index in [1.807, 2.05) is 14.0 Å². The first-order valence-electron chi connectivity index (χ1n) is 1.95. The van der Waals surface area contributed by atoms with Gasteiger partial charge in [-0.2, -0.15) is 0 Å². The molecule has 0 aromatic rings.